The molecule has 0 unspecified atom stereocenters. The Kier molecular flexibility index (Phi) is 4.46. The summed E-state index contributed by atoms with van der Waals surface area (Å²) >= 11 is 1.46. The van der Waals surface area contributed by atoms with Gasteiger partial charge < -0.3 is 9.88 Å². The van der Waals surface area contributed by atoms with Crippen molar-refractivity contribution in [3.05, 3.63) is 34.8 Å². The number of amides is 1. The SMILES string of the molecule is CCc1ncc(C(=O)NCCCn2ccnc2)s1. The third-order valence-electron chi connectivity index (χ3n) is 2.52. The van der Waals surface area contributed by atoms with Gasteiger partial charge in [-0.25, -0.2) is 9.97 Å². The minimum Gasteiger partial charge on any atom is -0.351 e. The number of aryl methyl sites for hydroxylation is 2. The first-order chi connectivity index (χ1) is 8.79. The fraction of sp³-hybridized carbons (Fsp3) is 0.417. The molecule has 0 spiro atoms. The number of hydrogen-bond donors (Lipinski definition) is 1. The lowest BCUT2D eigenvalue weighted by Crippen LogP contribution is -2.24. The zero-order valence-corrected chi connectivity index (χ0v) is 11.1. The Hall–Kier alpha value is -1.69. The van der Waals surface area contributed by atoms with Gasteiger partial charge in [-0.3, -0.25) is 4.79 Å². The van der Waals surface area contributed by atoms with Crippen molar-refractivity contribution in [3.8, 4) is 0 Å². The zero-order chi connectivity index (χ0) is 12.8. The molecule has 96 valence electrons. The Balaban J connectivity index is 1.71. The number of aromatic nitrogens is 3. The van der Waals surface area contributed by atoms with Crippen LogP contribution < -0.4 is 5.32 Å². The van der Waals surface area contributed by atoms with E-state index in [9.17, 15) is 4.79 Å². The smallest absolute Gasteiger partial charge is 0.263 e. The van der Waals surface area contributed by atoms with E-state index >= 15 is 0 Å². The second kappa shape index (κ2) is 6.30. The number of carbonyl (C=O) groups is 1. The lowest BCUT2D eigenvalue weighted by atomic mass is 10.4. The molecule has 1 amide bonds. The number of carbonyl (C=O) groups excluding carboxylic acids is 1. The van der Waals surface area contributed by atoms with Gasteiger partial charge in [-0.15, -0.1) is 11.3 Å². The van der Waals surface area contributed by atoms with Crippen LogP contribution in [0.3, 0.4) is 0 Å². The van der Waals surface area contributed by atoms with Crippen LogP contribution in [-0.4, -0.2) is 27.0 Å². The predicted octanol–water partition coefficient (Wildman–Crippen LogP) is 1.72. The maximum absolute atomic E-state index is 11.8. The van der Waals surface area contributed by atoms with Crippen LogP contribution in [0.5, 0.6) is 0 Å². The van der Waals surface area contributed by atoms with E-state index in [1.165, 1.54) is 11.3 Å². The molecule has 0 atom stereocenters. The standard InChI is InChI=1S/C12H16N4OS/c1-2-11-15-8-10(18-11)12(17)14-4-3-6-16-7-5-13-9-16/h5,7-9H,2-4,6H2,1H3,(H,14,17). The molecule has 0 aliphatic heterocycles. The van der Waals surface area contributed by atoms with E-state index in [0.29, 0.717) is 11.4 Å². The van der Waals surface area contributed by atoms with Gasteiger partial charge in [0.05, 0.1) is 17.5 Å². The molecule has 5 nitrogen and oxygen atoms in total. The van der Waals surface area contributed by atoms with E-state index in [4.69, 9.17) is 0 Å². The maximum atomic E-state index is 11.8. The van der Waals surface area contributed by atoms with Crippen LogP contribution in [0.25, 0.3) is 0 Å². The summed E-state index contributed by atoms with van der Waals surface area (Å²) in [4.78, 5) is 20.6. The Bertz CT molecular complexity index is 492. The van der Waals surface area contributed by atoms with Crippen LogP contribution in [0.2, 0.25) is 0 Å². The lowest BCUT2D eigenvalue weighted by molar-refractivity contribution is 0.0956. The Morgan fingerprint density at radius 1 is 1.56 bits per heavy atom. The summed E-state index contributed by atoms with van der Waals surface area (Å²) in [7, 11) is 0. The first-order valence-corrected chi connectivity index (χ1v) is 6.80. The van der Waals surface area contributed by atoms with Crippen LogP contribution in [-0.2, 0) is 13.0 Å². The molecule has 0 aliphatic rings. The fourth-order valence-electron chi connectivity index (χ4n) is 1.55. The minimum atomic E-state index is -0.0298. The second-order valence-electron chi connectivity index (χ2n) is 3.88. The van der Waals surface area contributed by atoms with Gasteiger partial charge in [0.2, 0.25) is 0 Å². The Labute approximate surface area is 110 Å². The van der Waals surface area contributed by atoms with Crippen molar-refractivity contribution in [2.75, 3.05) is 6.54 Å². The average Bonchev–Trinajstić information content (AvgIpc) is 3.05. The fourth-order valence-corrected chi connectivity index (χ4v) is 2.32. The van der Waals surface area contributed by atoms with Gasteiger partial charge in [-0.05, 0) is 12.8 Å². The number of thiazole rings is 1. The topological polar surface area (TPSA) is 59.8 Å². The zero-order valence-electron chi connectivity index (χ0n) is 10.3. The van der Waals surface area contributed by atoms with Crippen molar-refractivity contribution in [2.45, 2.75) is 26.3 Å². The van der Waals surface area contributed by atoms with Crippen molar-refractivity contribution in [2.24, 2.45) is 0 Å². The molecule has 2 rings (SSSR count). The summed E-state index contributed by atoms with van der Waals surface area (Å²) in [6, 6.07) is 0. The van der Waals surface area contributed by atoms with Crippen LogP contribution in [0.1, 0.15) is 28.0 Å². The molecule has 0 aliphatic carbocycles. The highest BCUT2D eigenvalue weighted by Gasteiger charge is 2.08. The normalized spacial score (nSPS) is 10.5. The molecule has 0 bridgehead atoms. The quantitative estimate of drug-likeness (QED) is 0.808. The molecular formula is C12H16N4OS. The monoisotopic (exact) mass is 264 g/mol. The summed E-state index contributed by atoms with van der Waals surface area (Å²) < 4.78 is 1.99. The number of nitrogens with one attached hydrogen (secondary N) is 1. The Morgan fingerprint density at radius 3 is 3.11 bits per heavy atom. The van der Waals surface area contributed by atoms with Crippen LogP contribution >= 0.6 is 11.3 Å². The van der Waals surface area contributed by atoms with Crippen LogP contribution in [0, 0.1) is 0 Å². The largest absolute Gasteiger partial charge is 0.351 e. The van der Waals surface area contributed by atoms with Crippen molar-refractivity contribution in [1.82, 2.24) is 19.9 Å². The van der Waals surface area contributed by atoms with Gasteiger partial charge in [0.1, 0.15) is 4.88 Å². The highest BCUT2D eigenvalue weighted by atomic mass is 32.1. The molecule has 0 fully saturated rings. The first-order valence-electron chi connectivity index (χ1n) is 5.98. The van der Waals surface area contributed by atoms with Crippen LogP contribution in [0.4, 0.5) is 0 Å². The van der Waals surface area contributed by atoms with E-state index in [1.807, 2.05) is 17.7 Å². The highest BCUT2D eigenvalue weighted by Crippen LogP contribution is 2.12. The highest BCUT2D eigenvalue weighted by molar-refractivity contribution is 7.13. The molecule has 0 saturated carbocycles. The molecule has 18 heavy (non-hydrogen) atoms. The summed E-state index contributed by atoms with van der Waals surface area (Å²) in [5.41, 5.74) is 0. The van der Waals surface area contributed by atoms with E-state index in [0.717, 1.165) is 24.4 Å². The van der Waals surface area contributed by atoms with Gasteiger partial charge in [0, 0.05) is 25.5 Å². The molecule has 0 aromatic carbocycles. The molecule has 2 heterocycles. The first kappa shape index (κ1) is 12.8. The molecule has 0 radical (unpaired) electrons. The van der Waals surface area contributed by atoms with Gasteiger partial charge >= 0.3 is 0 Å². The molecular weight excluding hydrogens is 248 g/mol. The lowest BCUT2D eigenvalue weighted by Gasteiger charge is -2.03. The van der Waals surface area contributed by atoms with E-state index in [1.54, 1.807) is 18.7 Å². The third kappa shape index (κ3) is 3.40. The van der Waals surface area contributed by atoms with E-state index in [2.05, 4.69) is 15.3 Å². The molecule has 1 N–H and O–H groups in total. The number of nitrogens with zero attached hydrogens (tertiary/aromatic N) is 3. The van der Waals surface area contributed by atoms with E-state index < -0.39 is 0 Å². The maximum Gasteiger partial charge on any atom is 0.263 e. The average molecular weight is 264 g/mol. The number of hydrogen-bond acceptors (Lipinski definition) is 4. The third-order valence-corrected chi connectivity index (χ3v) is 3.66. The van der Waals surface area contributed by atoms with Crippen molar-refractivity contribution in [1.29, 1.82) is 0 Å². The number of imidazole rings is 1. The molecule has 6 heteroatoms. The van der Waals surface area contributed by atoms with Crippen LogP contribution in [0.15, 0.2) is 24.9 Å². The van der Waals surface area contributed by atoms with Crippen molar-refractivity contribution >= 4 is 17.2 Å². The van der Waals surface area contributed by atoms with Gasteiger partial charge in [0.25, 0.3) is 5.91 Å². The van der Waals surface area contributed by atoms with Gasteiger partial charge in [0.15, 0.2) is 0 Å². The second-order valence-corrected chi connectivity index (χ2v) is 5.00. The summed E-state index contributed by atoms with van der Waals surface area (Å²) in [6.45, 7) is 3.56. The molecule has 0 saturated heterocycles. The summed E-state index contributed by atoms with van der Waals surface area (Å²) in [5, 5.41) is 3.90. The van der Waals surface area contributed by atoms with Crippen molar-refractivity contribution in [3.63, 3.8) is 0 Å². The summed E-state index contributed by atoms with van der Waals surface area (Å²) in [5.74, 6) is -0.0298. The van der Waals surface area contributed by atoms with Gasteiger partial charge in [-0.2, -0.15) is 0 Å². The van der Waals surface area contributed by atoms with E-state index in [-0.39, 0.29) is 5.91 Å². The minimum absolute atomic E-state index is 0.0298. The molecule has 2 aromatic heterocycles. The molecule has 2 aromatic rings. The predicted molar refractivity (Wildman–Crippen MR) is 70.7 cm³/mol. The Morgan fingerprint density at radius 2 is 2.44 bits per heavy atom. The number of rotatable bonds is 6. The summed E-state index contributed by atoms with van der Waals surface area (Å²) in [6.07, 6.45) is 8.86. The van der Waals surface area contributed by atoms with Crippen molar-refractivity contribution < 1.29 is 4.79 Å². The van der Waals surface area contributed by atoms with Gasteiger partial charge in [-0.1, -0.05) is 6.92 Å².